The summed E-state index contributed by atoms with van der Waals surface area (Å²) in [6.07, 6.45) is 3.78. The number of rotatable bonds is 7. The Kier molecular flexibility index (Phi) is 6.35. The molecular formula is C17H21ClN4O. The average molecular weight is 333 g/mol. The Morgan fingerprint density at radius 3 is 2.70 bits per heavy atom. The van der Waals surface area contributed by atoms with Crippen molar-refractivity contribution in [3.63, 3.8) is 0 Å². The summed E-state index contributed by atoms with van der Waals surface area (Å²) in [5.74, 6) is 0.352. The maximum absolute atomic E-state index is 12.2. The third kappa shape index (κ3) is 5.21. The second-order valence-corrected chi connectivity index (χ2v) is 5.76. The van der Waals surface area contributed by atoms with Gasteiger partial charge in [-0.1, -0.05) is 37.1 Å². The van der Waals surface area contributed by atoms with E-state index in [4.69, 9.17) is 11.6 Å². The van der Waals surface area contributed by atoms with Crippen LogP contribution in [0.4, 0.5) is 5.95 Å². The molecule has 1 heterocycles. The number of halogens is 1. The first kappa shape index (κ1) is 17.2. The first-order valence-electron chi connectivity index (χ1n) is 7.67. The first-order chi connectivity index (χ1) is 11.1. The molecule has 0 spiro atoms. The first-order valence-corrected chi connectivity index (χ1v) is 8.04. The van der Waals surface area contributed by atoms with Crippen LogP contribution in [0.15, 0.2) is 36.5 Å². The number of anilines is 1. The molecule has 0 aliphatic heterocycles. The summed E-state index contributed by atoms with van der Waals surface area (Å²) in [6, 6.07) is 8.98. The summed E-state index contributed by atoms with van der Waals surface area (Å²) < 4.78 is 0. The predicted octanol–water partition coefficient (Wildman–Crippen LogP) is 3.30. The second kappa shape index (κ2) is 8.48. The van der Waals surface area contributed by atoms with Crippen LogP contribution in [-0.2, 0) is 6.54 Å². The van der Waals surface area contributed by atoms with E-state index in [0.29, 0.717) is 23.2 Å². The van der Waals surface area contributed by atoms with Gasteiger partial charge in [-0.3, -0.25) is 4.79 Å². The molecule has 0 radical (unpaired) electrons. The summed E-state index contributed by atoms with van der Waals surface area (Å²) in [4.78, 5) is 22.7. The summed E-state index contributed by atoms with van der Waals surface area (Å²) >= 11 is 5.84. The standard InChI is InChI=1S/C17H21ClN4O/c1-3-4-11-22(2)17-19-10-9-15(21-17)16(23)20-12-13-5-7-14(18)8-6-13/h5-10H,3-4,11-12H2,1-2H3,(H,20,23). The Morgan fingerprint density at radius 2 is 2.00 bits per heavy atom. The minimum absolute atomic E-state index is 0.215. The number of nitrogens with one attached hydrogen (secondary N) is 1. The Balaban J connectivity index is 1.97. The molecule has 122 valence electrons. The van der Waals surface area contributed by atoms with E-state index in [-0.39, 0.29) is 5.91 Å². The van der Waals surface area contributed by atoms with E-state index in [1.165, 1.54) is 0 Å². The smallest absolute Gasteiger partial charge is 0.270 e. The summed E-state index contributed by atoms with van der Waals surface area (Å²) in [6.45, 7) is 3.43. The molecule has 1 aromatic heterocycles. The minimum Gasteiger partial charge on any atom is -0.347 e. The number of amides is 1. The molecule has 5 nitrogen and oxygen atoms in total. The normalized spacial score (nSPS) is 10.4. The lowest BCUT2D eigenvalue weighted by Gasteiger charge is -2.16. The van der Waals surface area contributed by atoms with E-state index in [1.807, 2.05) is 24.1 Å². The van der Waals surface area contributed by atoms with Gasteiger partial charge in [0.2, 0.25) is 5.95 Å². The third-order valence-corrected chi connectivity index (χ3v) is 3.68. The number of carbonyl (C=O) groups is 1. The molecule has 2 aromatic rings. The van der Waals surface area contributed by atoms with Crippen LogP contribution >= 0.6 is 11.6 Å². The van der Waals surface area contributed by atoms with E-state index in [0.717, 1.165) is 24.9 Å². The Bertz CT molecular complexity index is 645. The van der Waals surface area contributed by atoms with Crippen molar-refractivity contribution in [3.05, 3.63) is 52.8 Å². The van der Waals surface area contributed by atoms with E-state index in [1.54, 1.807) is 24.4 Å². The van der Waals surface area contributed by atoms with Gasteiger partial charge in [0.1, 0.15) is 5.69 Å². The minimum atomic E-state index is -0.215. The lowest BCUT2D eigenvalue weighted by Crippen LogP contribution is -2.26. The number of hydrogen-bond acceptors (Lipinski definition) is 4. The summed E-state index contributed by atoms with van der Waals surface area (Å²) in [5, 5.41) is 3.53. The molecule has 0 aliphatic carbocycles. The highest BCUT2D eigenvalue weighted by Crippen LogP contribution is 2.10. The number of hydrogen-bond donors (Lipinski definition) is 1. The Hall–Kier alpha value is -2.14. The van der Waals surface area contributed by atoms with Crippen LogP contribution in [0.25, 0.3) is 0 Å². The summed E-state index contributed by atoms with van der Waals surface area (Å²) in [7, 11) is 1.93. The van der Waals surface area contributed by atoms with Gasteiger partial charge in [0.15, 0.2) is 0 Å². The van der Waals surface area contributed by atoms with Crippen molar-refractivity contribution in [2.45, 2.75) is 26.3 Å². The zero-order valence-electron chi connectivity index (χ0n) is 13.4. The molecule has 0 bridgehead atoms. The molecule has 1 N–H and O–H groups in total. The molecule has 2 rings (SSSR count). The van der Waals surface area contributed by atoms with Crippen molar-refractivity contribution in [1.29, 1.82) is 0 Å². The lowest BCUT2D eigenvalue weighted by atomic mass is 10.2. The fourth-order valence-electron chi connectivity index (χ4n) is 2.03. The number of benzene rings is 1. The maximum Gasteiger partial charge on any atom is 0.270 e. The van der Waals surface area contributed by atoms with Crippen LogP contribution < -0.4 is 10.2 Å². The quantitative estimate of drug-likeness (QED) is 0.845. The van der Waals surface area contributed by atoms with E-state index >= 15 is 0 Å². The molecule has 0 aliphatic rings. The van der Waals surface area contributed by atoms with Crippen molar-refractivity contribution in [2.75, 3.05) is 18.5 Å². The highest BCUT2D eigenvalue weighted by Gasteiger charge is 2.10. The van der Waals surface area contributed by atoms with Crippen molar-refractivity contribution in [3.8, 4) is 0 Å². The maximum atomic E-state index is 12.2. The lowest BCUT2D eigenvalue weighted by molar-refractivity contribution is 0.0946. The Labute approximate surface area is 141 Å². The van der Waals surface area contributed by atoms with Crippen LogP contribution in [0, 0.1) is 0 Å². The van der Waals surface area contributed by atoms with Gasteiger partial charge in [-0.25, -0.2) is 9.97 Å². The molecule has 0 saturated carbocycles. The highest BCUT2D eigenvalue weighted by molar-refractivity contribution is 6.30. The number of unbranched alkanes of at least 4 members (excludes halogenated alkanes) is 1. The van der Waals surface area contributed by atoms with E-state index in [2.05, 4.69) is 22.2 Å². The van der Waals surface area contributed by atoms with Gasteiger partial charge >= 0.3 is 0 Å². The average Bonchev–Trinajstić information content (AvgIpc) is 2.59. The Morgan fingerprint density at radius 1 is 1.26 bits per heavy atom. The molecule has 0 fully saturated rings. The van der Waals surface area contributed by atoms with Crippen molar-refractivity contribution < 1.29 is 4.79 Å². The van der Waals surface area contributed by atoms with Crippen molar-refractivity contribution in [1.82, 2.24) is 15.3 Å². The highest BCUT2D eigenvalue weighted by atomic mass is 35.5. The van der Waals surface area contributed by atoms with Gasteiger partial charge in [0.25, 0.3) is 5.91 Å². The SMILES string of the molecule is CCCCN(C)c1nccc(C(=O)NCc2ccc(Cl)cc2)n1. The van der Waals surface area contributed by atoms with E-state index in [9.17, 15) is 4.79 Å². The monoisotopic (exact) mass is 332 g/mol. The van der Waals surface area contributed by atoms with Gasteiger partial charge in [0, 0.05) is 31.4 Å². The topological polar surface area (TPSA) is 58.1 Å². The molecule has 0 unspecified atom stereocenters. The molecule has 1 aromatic carbocycles. The molecule has 0 saturated heterocycles. The van der Waals surface area contributed by atoms with Crippen molar-refractivity contribution >= 4 is 23.5 Å². The van der Waals surface area contributed by atoms with Gasteiger partial charge in [-0.15, -0.1) is 0 Å². The van der Waals surface area contributed by atoms with Crippen LogP contribution in [0.5, 0.6) is 0 Å². The largest absolute Gasteiger partial charge is 0.347 e. The van der Waals surface area contributed by atoms with E-state index < -0.39 is 0 Å². The molecule has 1 amide bonds. The second-order valence-electron chi connectivity index (χ2n) is 5.33. The molecule has 0 atom stereocenters. The van der Waals surface area contributed by atoms with Gasteiger partial charge < -0.3 is 10.2 Å². The van der Waals surface area contributed by atoms with Crippen LogP contribution in [0.1, 0.15) is 35.8 Å². The van der Waals surface area contributed by atoms with Crippen LogP contribution in [-0.4, -0.2) is 29.5 Å². The fraction of sp³-hybridized carbons (Fsp3) is 0.353. The number of nitrogens with zero attached hydrogens (tertiary/aromatic N) is 3. The van der Waals surface area contributed by atoms with Crippen LogP contribution in [0.2, 0.25) is 5.02 Å². The van der Waals surface area contributed by atoms with Gasteiger partial charge in [-0.2, -0.15) is 0 Å². The third-order valence-electron chi connectivity index (χ3n) is 3.43. The summed E-state index contributed by atoms with van der Waals surface area (Å²) in [5.41, 5.74) is 1.35. The van der Waals surface area contributed by atoms with Gasteiger partial charge in [0.05, 0.1) is 0 Å². The van der Waals surface area contributed by atoms with Crippen molar-refractivity contribution in [2.24, 2.45) is 0 Å². The zero-order valence-corrected chi connectivity index (χ0v) is 14.2. The molecule has 23 heavy (non-hydrogen) atoms. The molecule has 6 heteroatoms. The zero-order chi connectivity index (χ0) is 16.7. The number of aromatic nitrogens is 2. The molecular weight excluding hydrogens is 312 g/mol. The fourth-order valence-corrected chi connectivity index (χ4v) is 2.16. The predicted molar refractivity (Wildman–Crippen MR) is 92.8 cm³/mol. The van der Waals surface area contributed by atoms with Gasteiger partial charge in [-0.05, 0) is 30.2 Å². The van der Waals surface area contributed by atoms with Crippen LogP contribution in [0.3, 0.4) is 0 Å². The number of carbonyl (C=O) groups excluding carboxylic acids is 1.